The largest absolute Gasteiger partial charge is 0.343 e. The number of fused-ring (bicyclic) bond motifs is 1. The van der Waals surface area contributed by atoms with Gasteiger partial charge in [-0.3, -0.25) is 14.5 Å². The fourth-order valence-corrected chi connectivity index (χ4v) is 3.66. The summed E-state index contributed by atoms with van der Waals surface area (Å²) in [6, 6.07) is 1.18. The SMILES string of the molecule is Cn1cc(C(NC(=O)c2cc3c(Cl)cncc3s2)c2ncon2)cn1. The van der Waals surface area contributed by atoms with Crippen molar-refractivity contribution in [2.75, 3.05) is 0 Å². The molecule has 4 aromatic heterocycles. The van der Waals surface area contributed by atoms with Gasteiger partial charge in [-0.15, -0.1) is 11.3 Å². The molecule has 1 atom stereocenters. The number of carbonyl (C=O) groups excluding carboxylic acids is 1. The van der Waals surface area contributed by atoms with Crippen LogP contribution in [0.3, 0.4) is 0 Å². The molecule has 0 bridgehead atoms. The van der Waals surface area contributed by atoms with Crippen LogP contribution in [0.1, 0.15) is 27.1 Å². The van der Waals surface area contributed by atoms with E-state index >= 15 is 0 Å². The average Bonchev–Trinajstić information content (AvgIpc) is 3.33. The van der Waals surface area contributed by atoms with Gasteiger partial charge in [-0.05, 0) is 6.07 Å². The monoisotopic (exact) mass is 374 g/mol. The molecule has 0 aliphatic carbocycles. The second-order valence-electron chi connectivity index (χ2n) is 5.29. The van der Waals surface area contributed by atoms with Crippen molar-refractivity contribution in [1.82, 2.24) is 30.2 Å². The number of thiophene rings is 1. The molecule has 0 saturated heterocycles. The molecule has 0 aliphatic rings. The topological polar surface area (TPSA) is 98.7 Å². The lowest BCUT2D eigenvalue weighted by molar-refractivity contribution is 0.0945. The van der Waals surface area contributed by atoms with E-state index in [0.29, 0.717) is 15.7 Å². The van der Waals surface area contributed by atoms with E-state index in [0.717, 1.165) is 15.6 Å². The molecule has 10 heteroatoms. The summed E-state index contributed by atoms with van der Waals surface area (Å²) in [5.41, 5.74) is 0.748. The van der Waals surface area contributed by atoms with E-state index in [1.807, 2.05) is 0 Å². The van der Waals surface area contributed by atoms with Gasteiger partial charge in [0, 0.05) is 36.6 Å². The highest BCUT2D eigenvalue weighted by Crippen LogP contribution is 2.30. The molecule has 126 valence electrons. The Morgan fingerprint density at radius 3 is 2.96 bits per heavy atom. The van der Waals surface area contributed by atoms with E-state index in [1.165, 1.54) is 17.7 Å². The third-order valence-corrected chi connectivity index (χ3v) is 4.96. The minimum Gasteiger partial charge on any atom is -0.343 e. The van der Waals surface area contributed by atoms with Crippen molar-refractivity contribution in [2.24, 2.45) is 7.05 Å². The Morgan fingerprint density at radius 2 is 2.28 bits per heavy atom. The first-order chi connectivity index (χ1) is 12.1. The lowest BCUT2D eigenvalue weighted by Gasteiger charge is -2.12. The molecule has 8 nitrogen and oxygen atoms in total. The number of rotatable bonds is 4. The Morgan fingerprint density at radius 1 is 1.40 bits per heavy atom. The molecule has 0 fully saturated rings. The highest BCUT2D eigenvalue weighted by Gasteiger charge is 2.24. The van der Waals surface area contributed by atoms with Gasteiger partial charge in [0.15, 0.2) is 5.82 Å². The predicted molar refractivity (Wildman–Crippen MR) is 91.4 cm³/mol. The van der Waals surface area contributed by atoms with Gasteiger partial charge >= 0.3 is 0 Å². The van der Waals surface area contributed by atoms with E-state index < -0.39 is 6.04 Å². The number of carbonyl (C=O) groups is 1. The zero-order valence-corrected chi connectivity index (χ0v) is 14.5. The average molecular weight is 375 g/mol. The highest BCUT2D eigenvalue weighted by atomic mass is 35.5. The Hall–Kier alpha value is -2.78. The maximum atomic E-state index is 12.7. The van der Waals surface area contributed by atoms with E-state index in [9.17, 15) is 4.79 Å². The van der Waals surface area contributed by atoms with E-state index in [4.69, 9.17) is 16.1 Å². The van der Waals surface area contributed by atoms with Gasteiger partial charge in [0.05, 0.1) is 20.8 Å². The fraction of sp³-hybridized carbons (Fsp3) is 0.133. The van der Waals surface area contributed by atoms with Gasteiger partial charge in [0.2, 0.25) is 6.39 Å². The molecule has 0 saturated carbocycles. The molecule has 4 aromatic rings. The van der Waals surface area contributed by atoms with Crippen molar-refractivity contribution in [1.29, 1.82) is 0 Å². The van der Waals surface area contributed by atoms with Crippen LogP contribution in [0.5, 0.6) is 0 Å². The van der Waals surface area contributed by atoms with Gasteiger partial charge in [-0.2, -0.15) is 10.1 Å². The minimum absolute atomic E-state index is 0.268. The van der Waals surface area contributed by atoms with Crippen LogP contribution in [-0.4, -0.2) is 30.8 Å². The number of aryl methyl sites for hydroxylation is 1. The Kier molecular flexibility index (Phi) is 3.94. The number of hydrogen-bond acceptors (Lipinski definition) is 7. The number of halogens is 1. The molecule has 0 radical (unpaired) electrons. The summed E-state index contributed by atoms with van der Waals surface area (Å²) in [4.78, 5) is 21.3. The second-order valence-corrected chi connectivity index (χ2v) is 6.78. The maximum Gasteiger partial charge on any atom is 0.262 e. The van der Waals surface area contributed by atoms with Crippen LogP contribution in [0.4, 0.5) is 0 Å². The maximum absolute atomic E-state index is 12.7. The van der Waals surface area contributed by atoms with Crippen molar-refractivity contribution < 1.29 is 9.32 Å². The Balaban J connectivity index is 1.67. The summed E-state index contributed by atoms with van der Waals surface area (Å²) >= 11 is 7.44. The van der Waals surface area contributed by atoms with Crippen LogP contribution in [0.25, 0.3) is 10.1 Å². The fourth-order valence-electron chi connectivity index (χ4n) is 2.43. The molecule has 1 amide bonds. The second kappa shape index (κ2) is 6.26. The number of nitrogens with one attached hydrogen (secondary N) is 1. The first-order valence-electron chi connectivity index (χ1n) is 7.20. The number of aromatic nitrogens is 5. The lowest BCUT2D eigenvalue weighted by atomic mass is 10.1. The smallest absolute Gasteiger partial charge is 0.262 e. The van der Waals surface area contributed by atoms with E-state index in [-0.39, 0.29) is 5.91 Å². The van der Waals surface area contributed by atoms with Crippen LogP contribution in [-0.2, 0) is 7.05 Å². The third kappa shape index (κ3) is 2.99. The van der Waals surface area contributed by atoms with E-state index in [2.05, 4.69) is 25.5 Å². The van der Waals surface area contributed by atoms with Gasteiger partial charge in [0.25, 0.3) is 5.91 Å². The number of nitrogens with zero attached hydrogens (tertiary/aromatic N) is 5. The van der Waals surface area contributed by atoms with Crippen molar-refractivity contribution in [2.45, 2.75) is 6.04 Å². The standard InChI is InChI=1S/C15H11ClN6O2S/c1-22-6-8(3-19-22)13(14-18-7-24-21-14)20-15(23)11-2-9-10(16)4-17-5-12(9)25-11/h2-7,13H,1H3,(H,20,23). The summed E-state index contributed by atoms with van der Waals surface area (Å²) in [6.45, 7) is 0. The lowest BCUT2D eigenvalue weighted by Crippen LogP contribution is -2.29. The molecular weight excluding hydrogens is 364 g/mol. The van der Waals surface area contributed by atoms with Gasteiger partial charge < -0.3 is 9.84 Å². The normalized spacial score (nSPS) is 12.4. The molecule has 4 heterocycles. The molecule has 4 rings (SSSR count). The molecular formula is C15H11ClN6O2S. The van der Waals surface area contributed by atoms with Crippen molar-refractivity contribution in [3.05, 3.63) is 58.5 Å². The molecule has 25 heavy (non-hydrogen) atoms. The van der Waals surface area contributed by atoms with Crippen LogP contribution in [0.15, 0.2) is 41.8 Å². The molecule has 0 aromatic carbocycles. The predicted octanol–water partition coefficient (Wildman–Crippen LogP) is 2.59. The summed E-state index contributed by atoms with van der Waals surface area (Å²) in [6.07, 6.45) is 7.88. The van der Waals surface area contributed by atoms with Crippen LogP contribution < -0.4 is 5.32 Å². The number of pyridine rings is 1. The number of amides is 1. The Bertz CT molecular complexity index is 1040. The molecule has 1 N–H and O–H groups in total. The van der Waals surface area contributed by atoms with Crippen molar-refractivity contribution in [3.8, 4) is 0 Å². The van der Waals surface area contributed by atoms with Gasteiger partial charge in [-0.1, -0.05) is 16.8 Å². The summed E-state index contributed by atoms with van der Waals surface area (Å²) in [7, 11) is 1.79. The van der Waals surface area contributed by atoms with Gasteiger partial charge in [-0.25, -0.2) is 0 Å². The summed E-state index contributed by atoms with van der Waals surface area (Å²) < 4.78 is 7.29. The van der Waals surface area contributed by atoms with Crippen LogP contribution in [0.2, 0.25) is 5.02 Å². The Labute approximate surface area is 150 Å². The van der Waals surface area contributed by atoms with Crippen molar-refractivity contribution >= 4 is 38.9 Å². The van der Waals surface area contributed by atoms with E-state index in [1.54, 1.807) is 42.6 Å². The molecule has 0 spiro atoms. The highest BCUT2D eigenvalue weighted by molar-refractivity contribution is 7.20. The van der Waals surface area contributed by atoms with Gasteiger partial charge in [0.1, 0.15) is 6.04 Å². The summed E-state index contributed by atoms with van der Waals surface area (Å²) in [5.74, 6) is 0.0816. The van der Waals surface area contributed by atoms with Crippen LogP contribution in [0, 0.1) is 0 Å². The molecule has 0 aliphatic heterocycles. The zero-order chi connectivity index (χ0) is 17.4. The zero-order valence-electron chi connectivity index (χ0n) is 12.9. The van der Waals surface area contributed by atoms with Crippen molar-refractivity contribution in [3.63, 3.8) is 0 Å². The minimum atomic E-state index is -0.571. The summed E-state index contributed by atoms with van der Waals surface area (Å²) in [5, 5.41) is 12.2. The molecule has 1 unspecified atom stereocenters. The quantitative estimate of drug-likeness (QED) is 0.589. The first-order valence-corrected chi connectivity index (χ1v) is 8.40. The number of hydrogen-bond donors (Lipinski definition) is 1. The first kappa shape index (κ1) is 15.7. The van der Waals surface area contributed by atoms with Crippen LogP contribution >= 0.6 is 22.9 Å². The third-order valence-electron chi connectivity index (χ3n) is 3.59.